The topological polar surface area (TPSA) is 166 Å². The Morgan fingerprint density at radius 3 is 2.31 bits per heavy atom. The summed E-state index contributed by atoms with van der Waals surface area (Å²) in [6.45, 7) is 2.39. The number of Topliss-reactive ketones (excluding diaryl/α,β-unsaturated/α-hetero) is 1. The SMILES string of the molecule is CC(=O)COC(=O)CCN(Cc1ccccc1)c1ccc(N)cc1.N#Cc1cc([N+](=O)[O-])ccc1N. The number of carbonyl (C=O) groups is 2. The van der Waals surface area contributed by atoms with Gasteiger partial charge in [0.25, 0.3) is 5.69 Å². The van der Waals surface area contributed by atoms with E-state index in [0.29, 0.717) is 18.8 Å². The van der Waals surface area contributed by atoms with Gasteiger partial charge in [0, 0.05) is 42.3 Å². The van der Waals surface area contributed by atoms with Crippen molar-refractivity contribution in [1.29, 1.82) is 5.26 Å². The quantitative estimate of drug-likeness (QED) is 0.196. The maximum atomic E-state index is 11.8. The van der Waals surface area contributed by atoms with Crippen molar-refractivity contribution >= 4 is 34.5 Å². The maximum absolute atomic E-state index is 11.8. The van der Waals surface area contributed by atoms with Gasteiger partial charge in [0.1, 0.15) is 12.7 Å². The number of nitro benzene ring substituents is 1. The predicted molar refractivity (Wildman–Crippen MR) is 137 cm³/mol. The average Bonchev–Trinajstić information content (AvgIpc) is 2.87. The molecule has 0 spiro atoms. The van der Waals surface area contributed by atoms with Crippen LogP contribution < -0.4 is 16.4 Å². The molecule has 0 aliphatic rings. The molecule has 186 valence electrons. The van der Waals surface area contributed by atoms with Gasteiger partial charge in [-0.2, -0.15) is 5.26 Å². The number of non-ortho nitro benzene ring substituents is 1. The van der Waals surface area contributed by atoms with Crippen LogP contribution in [0.4, 0.5) is 22.7 Å². The number of nitrogen functional groups attached to an aromatic ring is 2. The second-order valence-electron chi connectivity index (χ2n) is 7.75. The summed E-state index contributed by atoms with van der Waals surface area (Å²) in [5.41, 5.74) is 14.2. The Hall–Kier alpha value is -4.91. The molecule has 0 saturated carbocycles. The molecule has 0 aliphatic heterocycles. The molecule has 0 aromatic heterocycles. The highest BCUT2D eigenvalue weighted by Gasteiger charge is 2.12. The van der Waals surface area contributed by atoms with Crippen LogP contribution in [-0.4, -0.2) is 29.8 Å². The number of carbonyl (C=O) groups excluding carboxylic acids is 2. The number of nitro groups is 1. The third-order valence-electron chi connectivity index (χ3n) is 4.86. The van der Waals surface area contributed by atoms with Gasteiger partial charge in [0.05, 0.1) is 16.9 Å². The Kier molecular flexibility index (Phi) is 10.4. The van der Waals surface area contributed by atoms with Crippen LogP contribution in [0.15, 0.2) is 72.8 Å². The lowest BCUT2D eigenvalue weighted by Crippen LogP contribution is -2.26. The molecule has 0 saturated heterocycles. The highest BCUT2D eigenvalue weighted by Crippen LogP contribution is 2.20. The number of nitriles is 1. The molecule has 3 aromatic rings. The number of nitrogens with two attached hydrogens (primary N) is 2. The van der Waals surface area contributed by atoms with Gasteiger partial charge in [-0.25, -0.2) is 0 Å². The summed E-state index contributed by atoms with van der Waals surface area (Å²) in [6, 6.07) is 23.1. The molecule has 4 N–H and O–H groups in total. The number of nitrogens with zero attached hydrogens (tertiary/aromatic N) is 3. The monoisotopic (exact) mass is 489 g/mol. The number of esters is 1. The van der Waals surface area contributed by atoms with E-state index < -0.39 is 4.92 Å². The largest absolute Gasteiger partial charge is 0.458 e. The van der Waals surface area contributed by atoms with E-state index >= 15 is 0 Å². The number of hydrogen-bond donors (Lipinski definition) is 2. The van der Waals surface area contributed by atoms with Crippen molar-refractivity contribution in [1.82, 2.24) is 0 Å². The summed E-state index contributed by atoms with van der Waals surface area (Å²) in [5.74, 6) is -0.540. The van der Waals surface area contributed by atoms with E-state index in [4.69, 9.17) is 21.5 Å². The predicted octanol–water partition coefficient (Wildman–Crippen LogP) is 3.85. The summed E-state index contributed by atoms with van der Waals surface area (Å²) in [6.07, 6.45) is 0.213. The lowest BCUT2D eigenvalue weighted by Gasteiger charge is -2.25. The van der Waals surface area contributed by atoms with Gasteiger partial charge >= 0.3 is 5.97 Å². The molecule has 3 aromatic carbocycles. The second-order valence-corrected chi connectivity index (χ2v) is 7.75. The van der Waals surface area contributed by atoms with E-state index in [9.17, 15) is 19.7 Å². The third-order valence-corrected chi connectivity index (χ3v) is 4.86. The average molecular weight is 490 g/mol. The van der Waals surface area contributed by atoms with Gasteiger partial charge in [0.2, 0.25) is 0 Å². The molecule has 0 amide bonds. The van der Waals surface area contributed by atoms with Crippen molar-refractivity contribution in [2.75, 3.05) is 29.5 Å². The first-order chi connectivity index (χ1) is 17.2. The molecule has 0 unspecified atom stereocenters. The van der Waals surface area contributed by atoms with Gasteiger partial charge in [-0.15, -0.1) is 0 Å². The standard InChI is InChI=1S/C19H22N2O3.C7H5N3O2/c1-15(22)14-24-19(23)11-12-21(13-16-5-3-2-4-6-16)18-9-7-17(20)8-10-18;8-4-5-3-6(10(11)12)1-2-7(5)9/h2-10H,11-14,20H2,1H3;1-3H,9H2. The molecule has 3 rings (SSSR count). The van der Waals surface area contributed by atoms with Crippen LogP contribution in [0.3, 0.4) is 0 Å². The zero-order valence-electron chi connectivity index (χ0n) is 19.8. The number of hydrogen-bond acceptors (Lipinski definition) is 9. The van der Waals surface area contributed by atoms with E-state index in [1.807, 2.05) is 54.6 Å². The van der Waals surface area contributed by atoms with Crippen molar-refractivity contribution in [3.8, 4) is 6.07 Å². The summed E-state index contributed by atoms with van der Waals surface area (Å²) in [7, 11) is 0. The number of ketones is 1. The van der Waals surface area contributed by atoms with Crippen molar-refractivity contribution in [2.45, 2.75) is 19.9 Å². The third kappa shape index (κ3) is 9.15. The number of ether oxygens (including phenoxy) is 1. The fourth-order valence-corrected chi connectivity index (χ4v) is 3.02. The van der Waals surface area contributed by atoms with Crippen LogP contribution in [0.25, 0.3) is 0 Å². The van der Waals surface area contributed by atoms with Crippen molar-refractivity contribution in [3.63, 3.8) is 0 Å². The Morgan fingerprint density at radius 2 is 1.72 bits per heavy atom. The molecular formula is C26H27N5O5. The number of anilines is 3. The van der Waals surface area contributed by atoms with Gasteiger partial charge < -0.3 is 21.1 Å². The minimum Gasteiger partial charge on any atom is -0.458 e. The maximum Gasteiger partial charge on any atom is 0.308 e. The number of benzene rings is 3. The van der Waals surface area contributed by atoms with Crippen molar-refractivity contribution in [3.05, 3.63) is 94.0 Å². The zero-order valence-corrected chi connectivity index (χ0v) is 19.8. The Labute approximate surface area is 208 Å². The summed E-state index contributed by atoms with van der Waals surface area (Å²) >= 11 is 0. The first kappa shape index (κ1) is 27.3. The molecule has 0 fully saturated rings. The highest BCUT2D eigenvalue weighted by molar-refractivity contribution is 5.80. The van der Waals surface area contributed by atoms with E-state index in [1.165, 1.54) is 19.1 Å². The first-order valence-corrected chi connectivity index (χ1v) is 10.9. The molecular weight excluding hydrogens is 462 g/mol. The van der Waals surface area contributed by atoms with Crippen LogP contribution in [0.2, 0.25) is 0 Å². The Morgan fingerprint density at radius 1 is 1.06 bits per heavy atom. The normalized spacial score (nSPS) is 9.78. The molecule has 10 heteroatoms. The van der Waals surface area contributed by atoms with E-state index in [1.54, 1.807) is 6.07 Å². The van der Waals surface area contributed by atoms with Crippen LogP contribution in [-0.2, 0) is 20.9 Å². The molecule has 0 heterocycles. The Balaban J connectivity index is 0.000000319. The molecule has 0 atom stereocenters. The molecule has 0 radical (unpaired) electrons. The minimum absolute atomic E-state index is 0.124. The van der Waals surface area contributed by atoms with Gasteiger partial charge in [-0.3, -0.25) is 19.7 Å². The van der Waals surface area contributed by atoms with E-state index in [2.05, 4.69) is 4.90 Å². The molecule has 0 bridgehead atoms. The first-order valence-electron chi connectivity index (χ1n) is 10.9. The summed E-state index contributed by atoms with van der Waals surface area (Å²) in [5, 5.41) is 18.7. The van der Waals surface area contributed by atoms with E-state index in [0.717, 1.165) is 17.3 Å². The second kappa shape index (κ2) is 13.7. The van der Waals surface area contributed by atoms with Crippen molar-refractivity contribution in [2.24, 2.45) is 0 Å². The van der Waals surface area contributed by atoms with Crippen LogP contribution in [0.5, 0.6) is 0 Å². The van der Waals surface area contributed by atoms with Crippen LogP contribution in [0, 0.1) is 21.4 Å². The summed E-state index contributed by atoms with van der Waals surface area (Å²) < 4.78 is 4.92. The van der Waals surface area contributed by atoms with Gasteiger partial charge in [0.15, 0.2) is 5.78 Å². The lowest BCUT2D eigenvalue weighted by atomic mass is 10.2. The zero-order chi connectivity index (χ0) is 26.5. The molecule has 36 heavy (non-hydrogen) atoms. The molecule has 0 aliphatic carbocycles. The van der Waals surface area contributed by atoms with Crippen LogP contribution in [0.1, 0.15) is 24.5 Å². The fourth-order valence-electron chi connectivity index (χ4n) is 3.02. The van der Waals surface area contributed by atoms with Crippen LogP contribution >= 0.6 is 0 Å². The lowest BCUT2D eigenvalue weighted by molar-refractivity contribution is -0.384. The van der Waals surface area contributed by atoms with Crippen molar-refractivity contribution < 1.29 is 19.2 Å². The van der Waals surface area contributed by atoms with Gasteiger partial charge in [-0.05, 0) is 42.8 Å². The highest BCUT2D eigenvalue weighted by atomic mass is 16.6. The Bertz CT molecular complexity index is 1220. The smallest absolute Gasteiger partial charge is 0.308 e. The fraction of sp³-hybridized carbons (Fsp3) is 0.192. The summed E-state index contributed by atoms with van der Waals surface area (Å²) in [4.78, 5) is 34.4. The number of rotatable bonds is 9. The van der Waals surface area contributed by atoms with E-state index in [-0.39, 0.29) is 41.7 Å². The van der Waals surface area contributed by atoms with Gasteiger partial charge in [-0.1, -0.05) is 30.3 Å². The minimum atomic E-state index is -0.569. The molecule has 10 nitrogen and oxygen atoms in total.